The molecule has 4 nitrogen and oxygen atoms in total. The molecular formula is C28H30F5NO3S. The predicted molar refractivity (Wildman–Crippen MR) is 133 cm³/mol. The number of nitrogens with zero attached hydrogens (tertiary/aromatic N) is 1. The lowest BCUT2D eigenvalue weighted by molar-refractivity contribution is -0.228. The van der Waals surface area contributed by atoms with Crippen molar-refractivity contribution < 1.29 is 35.2 Å². The number of rotatable bonds is 4. The lowest BCUT2D eigenvalue weighted by Gasteiger charge is -2.44. The van der Waals surface area contributed by atoms with Crippen molar-refractivity contribution in [2.75, 3.05) is 18.1 Å². The summed E-state index contributed by atoms with van der Waals surface area (Å²) in [5, 5.41) is 0. The van der Waals surface area contributed by atoms with Gasteiger partial charge in [-0.25, -0.2) is 17.2 Å². The molecule has 5 rings (SSSR count). The monoisotopic (exact) mass is 555 g/mol. The molecule has 0 aromatic heterocycles. The number of alkyl halides is 4. The summed E-state index contributed by atoms with van der Waals surface area (Å²) < 4.78 is 92.6. The summed E-state index contributed by atoms with van der Waals surface area (Å²) >= 11 is 0. The first-order valence-electron chi connectivity index (χ1n) is 12.9. The Morgan fingerprint density at radius 2 is 1.68 bits per heavy atom. The normalized spacial score (nSPS) is 26.9. The van der Waals surface area contributed by atoms with Gasteiger partial charge in [-0.1, -0.05) is 30.3 Å². The summed E-state index contributed by atoms with van der Waals surface area (Å²) in [5.74, 6) is -0.895. The van der Waals surface area contributed by atoms with E-state index in [0.29, 0.717) is 44.7 Å². The van der Waals surface area contributed by atoms with Crippen LogP contribution in [0, 0.1) is 11.7 Å². The average Bonchev–Trinajstić information content (AvgIpc) is 3.23. The fourth-order valence-electron chi connectivity index (χ4n) is 6.62. The number of halogens is 5. The second kappa shape index (κ2) is 9.31. The smallest absolute Gasteiger partial charge is 0.339 e. The number of carbonyl (C=O) groups is 1. The highest BCUT2D eigenvalue weighted by Crippen LogP contribution is 2.51. The highest BCUT2D eigenvalue weighted by Gasteiger charge is 2.56. The Kier molecular flexibility index (Phi) is 6.64. The van der Waals surface area contributed by atoms with Gasteiger partial charge in [-0.3, -0.25) is 4.79 Å². The van der Waals surface area contributed by atoms with Crippen LogP contribution in [-0.4, -0.2) is 49.5 Å². The molecule has 206 valence electrons. The fourth-order valence-corrected chi connectivity index (χ4v) is 8.12. The first-order valence-corrected chi connectivity index (χ1v) is 14.7. The number of benzene rings is 2. The molecule has 10 heteroatoms. The Hall–Kier alpha value is -2.49. The van der Waals surface area contributed by atoms with Crippen molar-refractivity contribution in [1.82, 2.24) is 4.90 Å². The number of hydrogen-bond donors (Lipinski definition) is 0. The van der Waals surface area contributed by atoms with Gasteiger partial charge in [0.05, 0.1) is 11.5 Å². The Morgan fingerprint density at radius 1 is 1.03 bits per heavy atom. The predicted octanol–water partition coefficient (Wildman–Crippen LogP) is 5.43. The molecular weight excluding hydrogens is 525 g/mol. The van der Waals surface area contributed by atoms with E-state index in [1.807, 2.05) is 4.90 Å². The highest BCUT2D eigenvalue weighted by molar-refractivity contribution is 7.91. The number of aryl methyl sites for hydroxylation is 1. The van der Waals surface area contributed by atoms with E-state index in [0.717, 1.165) is 11.1 Å². The van der Waals surface area contributed by atoms with Crippen molar-refractivity contribution in [3.63, 3.8) is 0 Å². The van der Waals surface area contributed by atoms with E-state index in [-0.39, 0.29) is 48.0 Å². The Labute approximate surface area is 219 Å². The van der Waals surface area contributed by atoms with Crippen LogP contribution in [0.25, 0.3) is 0 Å². The van der Waals surface area contributed by atoms with Crippen LogP contribution >= 0.6 is 0 Å². The Morgan fingerprint density at radius 3 is 2.32 bits per heavy atom. The van der Waals surface area contributed by atoms with Crippen LogP contribution < -0.4 is 0 Å². The number of hydrogen-bond acceptors (Lipinski definition) is 3. The van der Waals surface area contributed by atoms with E-state index < -0.39 is 32.7 Å². The van der Waals surface area contributed by atoms with Crippen LogP contribution in [0.15, 0.2) is 42.5 Å². The van der Waals surface area contributed by atoms with Gasteiger partial charge in [-0.2, -0.15) is 13.2 Å². The summed E-state index contributed by atoms with van der Waals surface area (Å²) in [6.07, 6.45) is -2.64. The minimum atomic E-state index is -5.06. The average molecular weight is 556 g/mol. The molecule has 0 bridgehead atoms. The minimum Gasteiger partial charge on any atom is -0.339 e. The summed E-state index contributed by atoms with van der Waals surface area (Å²) in [4.78, 5) is 15.5. The van der Waals surface area contributed by atoms with E-state index in [1.165, 1.54) is 24.3 Å². The minimum absolute atomic E-state index is 0.0184. The van der Waals surface area contributed by atoms with Crippen molar-refractivity contribution in [2.24, 2.45) is 5.92 Å². The lowest BCUT2D eigenvalue weighted by atomic mass is 9.63. The maximum Gasteiger partial charge on any atom is 0.426 e. The summed E-state index contributed by atoms with van der Waals surface area (Å²) in [6, 6.07) is 9.87. The van der Waals surface area contributed by atoms with Gasteiger partial charge in [0.2, 0.25) is 11.6 Å². The zero-order valence-electron chi connectivity index (χ0n) is 21.0. The van der Waals surface area contributed by atoms with Gasteiger partial charge in [0, 0.05) is 23.9 Å². The third kappa shape index (κ3) is 4.62. The second-order valence-corrected chi connectivity index (χ2v) is 13.4. The first kappa shape index (κ1) is 27.1. The zero-order chi connectivity index (χ0) is 27.5. The van der Waals surface area contributed by atoms with Crippen LogP contribution in [-0.2, 0) is 38.6 Å². The number of amides is 1. The van der Waals surface area contributed by atoms with Gasteiger partial charge < -0.3 is 4.90 Å². The summed E-state index contributed by atoms with van der Waals surface area (Å²) in [5.41, 5.74) is -2.33. The molecule has 2 aromatic carbocycles. The van der Waals surface area contributed by atoms with E-state index in [1.54, 1.807) is 18.2 Å². The molecule has 1 amide bonds. The van der Waals surface area contributed by atoms with Crippen molar-refractivity contribution in [2.45, 2.75) is 68.8 Å². The quantitative estimate of drug-likeness (QED) is 0.474. The second-order valence-electron chi connectivity index (χ2n) is 11.1. The molecule has 1 aliphatic carbocycles. The molecule has 0 spiro atoms. The van der Waals surface area contributed by atoms with Crippen molar-refractivity contribution in [3.05, 3.63) is 70.5 Å². The molecule has 0 saturated carbocycles. The van der Waals surface area contributed by atoms with Crippen LogP contribution in [0.5, 0.6) is 0 Å². The highest BCUT2D eigenvalue weighted by atomic mass is 32.2. The number of sulfone groups is 1. The molecule has 0 radical (unpaired) electrons. The zero-order valence-corrected chi connectivity index (χ0v) is 21.8. The third-order valence-corrected chi connectivity index (χ3v) is 10.6. The van der Waals surface area contributed by atoms with Gasteiger partial charge in [0.1, 0.15) is 15.7 Å². The number of likely N-dealkylation sites (tertiary alicyclic amines) is 1. The molecule has 3 atom stereocenters. The fraction of sp³-hybridized carbons (Fsp3) is 0.536. The van der Waals surface area contributed by atoms with Crippen LogP contribution in [0.3, 0.4) is 0 Å². The lowest BCUT2D eigenvalue weighted by Crippen LogP contribution is -2.51. The van der Waals surface area contributed by atoms with Crippen molar-refractivity contribution in [3.8, 4) is 0 Å². The van der Waals surface area contributed by atoms with Crippen LogP contribution in [0.4, 0.5) is 22.0 Å². The Bertz CT molecular complexity index is 1330. The van der Waals surface area contributed by atoms with Crippen molar-refractivity contribution >= 4 is 15.7 Å². The van der Waals surface area contributed by atoms with Gasteiger partial charge in [-0.05, 0) is 79.8 Å². The van der Waals surface area contributed by atoms with Gasteiger partial charge >= 0.3 is 6.18 Å². The molecule has 38 heavy (non-hydrogen) atoms. The van der Waals surface area contributed by atoms with E-state index in [2.05, 4.69) is 0 Å². The van der Waals surface area contributed by atoms with E-state index in [4.69, 9.17) is 0 Å². The molecule has 0 N–H and O–H groups in total. The molecule has 1 unspecified atom stereocenters. The van der Waals surface area contributed by atoms with E-state index in [9.17, 15) is 35.2 Å². The van der Waals surface area contributed by atoms with Crippen LogP contribution in [0.2, 0.25) is 0 Å². The molecule has 2 saturated heterocycles. The van der Waals surface area contributed by atoms with Crippen molar-refractivity contribution in [1.29, 1.82) is 0 Å². The molecule has 2 heterocycles. The maximum atomic E-state index is 14.8. The largest absolute Gasteiger partial charge is 0.426 e. The third-order valence-electron chi connectivity index (χ3n) is 8.84. The molecule has 2 aliphatic heterocycles. The summed E-state index contributed by atoms with van der Waals surface area (Å²) in [6.45, 7) is 0.952. The molecule has 3 aliphatic rings. The Balaban J connectivity index is 1.53. The molecule has 2 aromatic rings. The van der Waals surface area contributed by atoms with Gasteiger partial charge in [-0.15, -0.1) is 0 Å². The van der Waals surface area contributed by atoms with Gasteiger partial charge in [0.15, 0.2) is 0 Å². The van der Waals surface area contributed by atoms with E-state index >= 15 is 0 Å². The number of carbonyl (C=O) groups excluding carboxylic acids is 1. The van der Waals surface area contributed by atoms with Crippen LogP contribution in [0.1, 0.15) is 54.9 Å². The standard InChI is InChI=1S/C28H30F5NO3S/c1-26(30,28(31,32)33)21-5-8-23-20(16-21)4-9-24-27(23,17-18-2-6-22(29)7-3-18)12-13-34(24)25(35)19-10-14-38(36,37)15-11-19/h2-3,5-8,16,19,24H,4,9-15,17H2,1H3/t24-,26?,27-/m1/s1. The summed E-state index contributed by atoms with van der Waals surface area (Å²) in [7, 11) is -3.13. The SMILES string of the molecule is CC(F)(c1ccc2c(c1)CC[C@H]1N(C(=O)C3CCS(=O)(=O)CC3)CC[C@@]21Cc1ccc(F)cc1)C(F)(F)F. The molecule has 2 fully saturated rings. The first-order chi connectivity index (χ1) is 17.7. The van der Waals surface area contributed by atoms with Gasteiger partial charge in [0.25, 0.3) is 0 Å². The maximum absolute atomic E-state index is 14.8. The topological polar surface area (TPSA) is 54.5 Å². The number of fused-ring (bicyclic) bond motifs is 3.